The number of nitrogens with one attached hydrogen (secondary N) is 1. The van der Waals surface area contributed by atoms with Crippen molar-refractivity contribution < 1.29 is 33.8 Å². The molecular weight excluding hydrogens is 408 g/mol. The van der Waals surface area contributed by atoms with Gasteiger partial charge in [-0.2, -0.15) is 0 Å². The Kier molecular flexibility index (Phi) is 5.77. The number of carboxylic acids is 1. The fraction of sp³-hybridized carbons (Fsp3) is 0.412. The Balaban J connectivity index is 1.81. The fourth-order valence-corrected chi connectivity index (χ4v) is 5.19. The van der Waals surface area contributed by atoms with Gasteiger partial charge in [-0.15, -0.1) is 23.1 Å². The predicted octanol–water partition coefficient (Wildman–Crippen LogP) is 0.566. The summed E-state index contributed by atoms with van der Waals surface area (Å²) in [4.78, 5) is 50.0. The first-order valence-electron chi connectivity index (χ1n) is 8.22. The molecule has 150 valence electrons. The van der Waals surface area contributed by atoms with Crippen LogP contribution in [0.1, 0.15) is 11.8 Å². The van der Waals surface area contributed by atoms with Crippen LogP contribution in [0, 0.1) is 0 Å². The largest absolute Gasteiger partial charge is 0.477 e. The number of nitrogens with zero attached hydrogens (tertiary/aromatic N) is 1. The lowest BCUT2D eigenvalue weighted by atomic mass is 9.98. The molecular formula is C17H18N2O7S2. The maximum Gasteiger partial charge on any atom is 0.352 e. The standard InChI is InChI=1S/C17H18N2O7S2/c1-9(20)26-7-10-8-28-16-17(25-2,15(24)19(16)13(10)14(22)23)18-12(21)6-11-4-3-5-27-11/h3-5,16H,6-8H2,1-2H3,(H,18,21)(H,22,23)/t16-,17?/m0/s1. The molecule has 1 fully saturated rings. The van der Waals surface area contributed by atoms with Crippen LogP contribution < -0.4 is 5.32 Å². The van der Waals surface area contributed by atoms with Gasteiger partial charge in [-0.1, -0.05) is 6.07 Å². The molecule has 1 saturated heterocycles. The van der Waals surface area contributed by atoms with Gasteiger partial charge in [-0.25, -0.2) is 4.79 Å². The molecule has 2 amide bonds. The normalized spacial score (nSPS) is 23.7. The van der Waals surface area contributed by atoms with Gasteiger partial charge in [0, 0.05) is 30.2 Å². The van der Waals surface area contributed by atoms with Crippen molar-refractivity contribution in [1.82, 2.24) is 10.2 Å². The van der Waals surface area contributed by atoms with E-state index in [2.05, 4.69) is 5.32 Å². The second kappa shape index (κ2) is 7.94. The molecule has 2 aliphatic rings. The maximum absolute atomic E-state index is 12.9. The molecule has 1 unspecified atom stereocenters. The van der Waals surface area contributed by atoms with Crippen LogP contribution in [0.2, 0.25) is 0 Å². The smallest absolute Gasteiger partial charge is 0.352 e. The lowest BCUT2D eigenvalue weighted by molar-refractivity contribution is -0.192. The van der Waals surface area contributed by atoms with Crippen molar-refractivity contribution in [2.45, 2.75) is 24.4 Å². The third-order valence-electron chi connectivity index (χ3n) is 4.32. The van der Waals surface area contributed by atoms with Gasteiger partial charge >= 0.3 is 11.9 Å². The van der Waals surface area contributed by atoms with E-state index >= 15 is 0 Å². The van der Waals surface area contributed by atoms with Crippen LogP contribution in [0.3, 0.4) is 0 Å². The molecule has 3 heterocycles. The van der Waals surface area contributed by atoms with Gasteiger partial charge in [0.2, 0.25) is 5.91 Å². The molecule has 0 aromatic carbocycles. The third-order valence-corrected chi connectivity index (χ3v) is 6.57. The van der Waals surface area contributed by atoms with Crippen molar-refractivity contribution in [3.05, 3.63) is 33.7 Å². The number of β-lactam (4-membered cyclic amide) rings is 1. The number of carbonyl (C=O) groups excluding carboxylic acids is 3. The van der Waals surface area contributed by atoms with E-state index < -0.39 is 34.9 Å². The van der Waals surface area contributed by atoms with Crippen LogP contribution in [-0.4, -0.2) is 64.3 Å². The molecule has 1 aromatic rings. The van der Waals surface area contributed by atoms with Crippen LogP contribution in [0.5, 0.6) is 0 Å². The zero-order chi connectivity index (χ0) is 20.5. The number of carbonyl (C=O) groups is 4. The summed E-state index contributed by atoms with van der Waals surface area (Å²) in [6.45, 7) is 0.999. The van der Waals surface area contributed by atoms with E-state index in [1.54, 1.807) is 6.07 Å². The van der Waals surface area contributed by atoms with Gasteiger partial charge < -0.3 is 19.9 Å². The van der Waals surface area contributed by atoms with Crippen LogP contribution in [0.15, 0.2) is 28.8 Å². The number of fused-ring (bicyclic) bond motifs is 1. The summed E-state index contributed by atoms with van der Waals surface area (Å²) in [6, 6.07) is 3.63. The molecule has 0 radical (unpaired) electrons. The Morgan fingerprint density at radius 1 is 1.43 bits per heavy atom. The van der Waals surface area contributed by atoms with E-state index in [-0.39, 0.29) is 24.5 Å². The number of hydrogen-bond acceptors (Lipinski definition) is 8. The van der Waals surface area contributed by atoms with Gasteiger partial charge in [0.05, 0.1) is 6.42 Å². The maximum atomic E-state index is 12.9. The molecule has 2 atom stereocenters. The van der Waals surface area contributed by atoms with Crippen molar-refractivity contribution in [3.63, 3.8) is 0 Å². The minimum absolute atomic E-state index is 0.0901. The Bertz CT molecular complexity index is 852. The van der Waals surface area contributed by atoms with Crippen molar-refractivity contribution >= 4 is 46.9 Å². The van der Waals surface area contributed by atoms with E-state index in [4.69, 9.17) is 9.47 Å². The lowest BCUT2D eigenvalue weighted by Gasteiger charge is -2.55. The minimum Gasteiger partial charge on any atom is -0.477 e. The zero-order valence-corrected chi connectivity index (χ0v) is 16.7. The molecule has 3 rings (SSSR count). The molecule has 2 aliphatic heterocycles. The Morgan fingerprint density at radius 3 is 2.75 bits per heavy atom. The van der Waals surface area contributed by atoms with Crippen LogP contribution >= 0.6 is 23.1 Å². The molecule has 9 nitrogen and oxygen atoms in total. The molecule has 11 heteroatoms. The van der Waals surface area contributed by atoms with E-state index in [0.717, 1.165) is 9.78 Å². The highest BCUT2D eigenvalue weighted by atomic mass is 32.2. The number of rotatable bonds is 7. The fourth-order valence-electron chi connectivity index (χ4n) is 3.07. The number of carboxylic acid groups (broad SMARTS) is 1. The number of hydrogen-bond donors (Lipinski definition) is 2. The Morgan fingerprint density at radius 2 is 2.18 bits per heavy atom. The Hall–Kier alpha value is -2.37. The van der Waals surface area contributed by atoms with Crippen molar-refractivity contribution in [1.29, 1.82) is 0 Å². The van der Waals surface area contributed by atoms with Gasteiger partial charge in [0.25, 0.3) is 11.6 Å². The highest BCUT2D eigenvalue weighted by Gasteiger charge is 2.66. The molecule has 1 aromatic heterocycles. The molecule has 0 spiro atoms. The second-order valence-corrected chi connectivity index (χ2v) is 8.22. The number of amides is 2. The summed E-state index contributed by atoms with van der Waals surface area (Å²) in [6.07, 6.45) is 0.0901. The highest BCUT2D eigenvalue weighted by molar-refractivity contribution is 8.00. The van der Waals surface area contributed by atoms with Gasteiger partial charge in [0.15, 0.2) is 0 Å². The number of aliphatic carboxylic acids is 1. The van der Waals surface area contributed by atoms with Crippen LogP contribution in [0.25, 0.3) is 0 Å². The summed E-state index contributed by atoms with van der Waals surface area (Å²) in [5.41, 5.74) is -1.56. The van der Waals surface area contributed by atoms with Crippen molar-refractivity contribution in [2.24, 2.45) is 0 Å². The summed E-state index contributed by atoms with van der Waals surface area (Å²) < 4.78 is 10.3. The topological polar surface area (TPSA) is 122 Å². The van der Waals surface area contributed by atoms with Crippen LogP contribution in [0.4, 0.5) is 0 Å². The minimum atomic E-state index is -1.63. The average Bonchev–Trinajstić information content (AvgIpc) is 3.15. The number of thioether (sulfide) groups is 1. The third kappa shape index (κ3) is 3.52. The highest BCUT2D eigenvalue weighted by Crippen LogP contribution is 2.46. The van der Waals surface area contributed by atoms with Crippen LogP contribution in [-0.2, 0) is 35.1 Å². The Labute approximate surface area is 168 Å². The lowest BCUT2D eigenvalue weighted by Crippen LogP contribution is -2.80. The van der Waals surface area contributed by atoms with Gasteiger partial charge in [-0.05, 0) is 11.4 Å². The van der Waals surface area contributed by atoms with E-state index in [0.29, 0.717) is 5.57 Å². The summed E-state index contributed by atoms with van der Waals surface area (Å²) >= 11 is 2.65. The molecule has 0 saturated carbocycles. The molecule has 0 bridgehead atoms. The van der Waals surface area contributed by atoms with E-state index in [1.165, 1.54) is 37.1 Å². The van der Waals surface area contributed by atoms with E-state index in [1.807, 2.05) is 11.4 Å². The molecule has 2 N–H and O–H groups in total. The summed E-state index contributed by atoms with van der Waals surface area (Å²) in [7, 11) is 1.29. The number of ether oxygens (including phenoxy) is 2. The average molecular weight is 426 g/mol. The SMILES string of the molecule is COC1(NC(=O)Cc2cccs2)C(=O)N2C(C(=O)O)=C(COC(C)=O)CS[C@H]21. The first-order valence-corrected chi connectivity index (χ1v) is 10.2. The van der Waals surface area contributed by atoms with E-state index in [9.17, 15) is 24.3 Å². The number of methoxy groups -OCH3 is 1. The van der Waals surface area contributed by atoms with Crippen molar-refractivity contribution in [2.75, 3.05) is 19.5 Å². The first-order chi connectivity index (χ1) is 13.3. The predicted molar refractivity (Wildman–Crippen MR) is 100 cm³/mol. The van der Waals surface area contributed by atoms with Gasteiger partial charge in [-0.3, -0.25) is 19.3 Å². The molecule has 28 heavy (non-hydrogen) atoms. The molecule has 0 aliphatic carbocycles. The van der Waals surface area contributed by atoms with Gasteiger partial charge in [0.1, 0.15) is 17.7 Å². The zero-order valence-electron chi connectivity index (χ0n) is 15.1. The first kappa shape index (κ1) is 20.4. The van der Waals surface area contributed by atoms with Crippen molar-refractivity contribution in [3.8, 4) is 0 Å². The summed E-state index contributed by atoms with van der Waals surface area (Å²) in [5.74, 6) is -2.72. The second-order valence-electron chi connectivity index (χ2n) is 6.12. The monoisotopic (exact) mass is 426 g/mol. The quantitative estimate of drug-likeness (QED) is 0.369. The number of thiophene rings is 1. The number of esters is 1. The summed E-state index contributed by atoms with van der Waals surface area (Å²) in [5, 5.41) is 13.3.